The summed E-state index contributed by atoms with van der Waals surface area (Å²) in [6.45, 7) is 2.05. The van der Waals surface area contributed by atoms with Crippen LogP contribution in [-0.4, -0.2) is 31.6 Å². The molecule has 2 bridgehead atoms. The summed E-state index contributed by atoms with van der Waals surface area (Å²) < 4.78 is 4.96. The zero-order valence-electron chi connectivity index (χ0n) is 14.2. The van der Waals surface area contributed by atoms with Crippen LogP contribution in [0.15, 0.2) is 36.4 Å². The molecule has 0 spiro atoms. The van der Waals surface area contributed by atoms with Crippen molar-refractivity contribution >= 4 is 29.3 Å². The highest BCUT2D eigenvalue weighted by Crippen LogP contribution is 2.53. The number of imide groups is 1. The molecular formula is C19H20N2O4. The van der Waals surface area contributed by atoms with E-state index in [1.165, 1.54) is 9.80 Å². The average molecular weight is 340 g/mol. The number of fused-ring (bicyclic) bond motifs is 5. The van der Waals surface area contributed by atoms with Crippen molar-refractivity contribution < 1.29 is 19.1 Å². The summed E-state index contributed by atoms with van der Waals surface area (Å²) in [4.78, 5) is 40.1. The molecule has 0 radical (unpaired) electrons. The molecule has 2 aliphatic carbocycles. The molecule has 3 aliphatic rings. The van der Waals surface area contributed by atoms with Gasteiger partial charge in [0.15, 0.2) is 0 Å². The summed E-state index contributed by atoms with van der Waals surface area (Å²) in [6, 6.07) is 6.84. The lowest BCUT2D eigenvalue weighted by Gasteiger charge is -2.20. The summed E-state index contributed by atoms with van der Waals surface area (Å²) in [7, 11) is 1.62. The van der Waals surface area contributed by atoms with Crippen molar-refractivity contribution in [3.63, 3.8) is 0 Å². The second kappa shape index (κ2) is 5.72. The van der Waals surface area contributed by atoms with E-state index >= 15 is 0 Å². The summed E-state index contributed by atoms with van der Waals surface area (Å²) in [5.41, 5.74) is 1.20. The maximum Gasteiger partial charge on any atom is 0.413 e. The number of allylic oxidation sites excluding steroid dienone is 2. The smallest absolute Gasteiger partial charge is 0.413 e. The van der Waals surface area contributed by atoms with Crippen molar-refractivity contribution in [1.82, 2.24) is 0 Å². The van der Waals surface area contributed by atoms with Crippen molar-refractivity contribution in [2.24, 2.45) is 23.7 Å². The number of rotatable bonds is 3. The van der Waals surface area contributed by atoms with Gasteiger partial charge in [-0.3, -0.25) is 19.4 Å². The van der Waals surface area contributed by atoms with Crippen LogP contribution in [0.4, 0.5) is 16.2 Å². The number of nitrogens with zero attached hydrogens (tertiary/aromatic N) is 2. The molecular weight excluding hydrogens is 320 g/mol. The second-order valence-corrected chi connectivity index (χ2v) is 6.79. The topological polar surface area (TPSA) is 66.9 Å². The van der Waals surface area contributed by atoms with Crippen LogP contribution in [0.25, 0.3) is 0 Å². The minimum absolute atomic E-state index is 0.0988. The van der Waals surface area contributed by atoms with Crippen LogP contribution in [0.3, 0.4) is 0 Å². The molecule has 0 unspecified atom stereocenters. The zero-order chi connectivity index (χ0) is 17.7. The molecule has 4 atom stereocenters. The Balaban J connectivity index is 1.56. The molecule has 6 nitrogen and oxygen atoms in total. The van der Waals surface area contributed by atoms with Crippen molar-refractivity contribution in [3.05, 3.63) is 36.4 Å². The van der Waals surface area contributed by atoms with Gasteiger partial charge in [-0.1, -0.05) is 12.2 Å². The van der Waals surface area contributed by atoms with Gasteiger partial charge in [0, 0.05) is 12.7 Å². The summed E-state index contributed by atoms with van der Waals surface area (Å²) >= 11 is 0. The number of hydrogen-bond donors (Lipinski definition) is 0. The SMILES string of the molecule is CCOC(=O)N(C)c1ccc(N2C(=O)[C@@H]3[C@@H](C2=O)[C@H]2C=C[C@H]3C2)cc1. The zero-order valence-corrected chi connectivity index (χ0v) is 14.2. The monoisotopic (exact) mass is 340 g/mol. The number of carbonyl (C=O) groups excluding carboxylic acids is 3. The van der Waals surface area contributed by atoms with E-state index in [1.807, 2.05) is 0 Å². The van der Waals surface area contributed by atoms with Gasteiger partial charge < -0.3 is 4.74 Å². The van der Waals surface area contributed by atoms with Gasteiger partial charge in [-0.25, -0.2) is 4.79 Å². The predicted octanol–water partition coefficient (Wildman–Crippen LogP) is 2.59. The molecule has 1 aromatic carbocycles. The molecule has 4 rings (SSSR count). The van der Waals surface area contributed by atoms with E-state index in [2.05, 4.69) is 12.2 Å². The number of hydrogen-bond acceptors (Lipinski definition) is 4. The van der Waals surface area contributed by atoms with E-state index in [-0.39, 0.29) is 35.5 Å². The van der Waals surface area contributed by atoms with Crippen LogP contribution in [0.2, 0.25) is 0 Å². The minimum atomic E-state index is -0.444. The Kier molecular flexibility index (Phi) is 3.63. The number of ether oxygens (including phenoxy) is 1. The molecule has 25 heavy (non-hydrogen) atoms. The molecule has 1 saturated heterocycles. The number of carbonyl (C=O) groups is 3. The van der Waals surface area contributed by atoms with Gasteiger partial charge in [0.1, 0.15) is 0 Å². The summed E-state index contributed by atoms with van der Waals surface area (Å²) in [5, 5.41) is 0. The normalized spacial score (nSPS) is 29.3. The number of amides is 3. The quantitative estimate of drug-likeness (QED) is 0.626. The lowest BCUT2D eigenvalue weighted by Crippen LogP contribution is -2.33. The fraction of sp³-hybridized carbons (Fsp3) is 0.421. The fourth-order valence-corrected chi connectivity index (χ4v) is 4.31. The first-order valence-electron chi connectivity index (χ1n) is 8.59. The van der Waals surface area contributed by atoms with E-state index in [0.717, 1.165) is 6.42 Å². The third-order valence-electron chi connectivity index (χ3n) is 5.51. The molecule has 1 saturated carbocycles. The summed E-state index contributed by atoms with van der Waals surface area (Å²) in [5.74, 6) is -0.207. The van der Waals surface area contributed by atoms with Crippen molar-refractivity contribution in [2.75, 3.05) is 23.5 Å². The second-order valence-electron chi connectivity index (χ2n) is 6.79. The van der Waals surface area contributed by atoms with Gasteiger partial charge in [0.2, 0.25) is 11.8 Å². The van der Waals surface area contributed by atoms with Crippen molar-refractivity contribution in [1.29, 1.82) is 0 Å². The van der Waals surface area contributed by atoms with Gasteiger partial charge >= 0.3 is 6.09 Å². The van der Waals surface area contributed by atoms with E-state index in [0.29, 0.717) is 18.0 Å². The molecule has 1 aromatic rings. The molecule has 0 aromatic heterocycles. The van der Waals surface area contributed by atoms with Crippen molar-refractivity contribution in [2.45, 2.75) is 13.3 Å². The largest absolute Gasteiger partial charge is 0.449 e. The van der Waals surface area contributed by atoms with Crippen LogP contribution in [0.1, 0.15) is 13.3 Å². The Morgan fingerprint density at radius 3 is 2.20 bits per heavy atom. The average Bonchev–Trinajstić information content (AvgIpc) is 3.29. The van der Waals surface area contributed by atoms with Gasteiger partial charge in [-0.2, -0.15) is 0 Å². The first kappa shape index (κ1) is 15.9. The lowest BCUT2D eigenvalue weighted by molar-refractivity contribution is -0.123. The van der Waals surface area contributed by atoms with Crippen LogP contribution in [0, 0.1) is 23.7 Å². The Morgan fingerprint density at radius 1 is 1.12 bits per heavy atom. The van der Waals surface area contributed by atoms with Crippen LogP contribution in [0.5, 0.6) is 0 Å². The Morgan fingerprint density at radius 2 is 1.68 bits per heavy atom. The summed E-state index contributed by atoms with van der Waals surface area (Å²) in [6.07, 6.45) is 4.64. The highest BCUT2D eigenvalue weighted by molar-refractivity contribution is 6.22. The number of benzene rings is 1. The van der Waals surface area contributed by atoms with Crippen LogP contribution >= 0.6 is 0 Å². The van der Waals surface area contributed by atoms with Gasteiger partial charge in [-0.15, -0.1) is 0 Å². The van der Waals surface area contributed by atoms with E-state index < -0.39 is 6.09 Å². The van der Waals surface area contributed by atoms with E-state index in [4.69, 9.17) is 4.74 Å². The highest BCUT2D eigenvalue weighted by Gasteiger charge is 2.59. The molecule has 2 fully saturated rings. The van der Waals surface area contributed by atoms with Crippen molar-refractivity contribution in [3.8, 4) is 0 Å². The molecule has 0 N–H and O–H groups in total. The minimum Gasteiger partial charge on any atom is -0.449 e. The van der Waals surface area contributed by atoms with Gasteiger partial charge in [0.05, 0.1) is 24.1 Å². The third kappa shape index (κ3) is 2.27. The fourth-order valence-electron chi connectivity index (χ4n) is 4.31. The standard InChI is InChI=1S/C19H20N2O4/c1-3-25-19(24)20(2)13-6-8-14(9-7-13)21-17(22)15-11-4-5-12(10-11)16(15)18(21)23/h4-9,11-12,15-16H,3,10H2,1-2H3/t11-,12-,15-,16-/m0/s1. The first-order chi connectivity index (χ1) is 12.0. The van der Waals surface area contributed by atoms with Gasteiger partial charge in [0.25, 0.3) is 0 Å². The maximum absolute atomic E-state index is 12.8. The molecule has 1 heterocycles. The van der Waals surface area contributed by atoms with Crippen LogP contribution in [-0.2, 0) is 14.3 Å². The Labute approximate surface area is 146 Å². The highest BCUT2D eigenvalue weighted by atomic mass is 16.6. The van der Waals surface area contributed by atoms with Gasteiger partial charge in [-0.05, 0) is 49.4 Å². The third-order valence-corrected chi connectivity index (χ3v) is 5.51. The first-order valence-corrected chi connectivity index (χ1v) is 8.59. The van der Waals surface area contributed by atoms with Crippen LogP contribution < -0.4 is 9.80 Å². The predicted molar refractivity (Wildman–Crippen MR) is 92.1 cm³/mol. The Hall–Kier alpha value is -2.63. The molecule has 1 aliphatic heterocycles. The van der Waals surface area contributed by atoms with E-state index in [1.54, 1.807) is 38.2 Å². The Bertz CT molecular complexity index is 740. The lowest BCUT2D eigenvalue weighted by atomic mass is 9.85. The van der Waals surface area contributed by atoms with E-state index in [9.17, 15) is 14.4 Å². The number of anilines is 2. The molecule has 6 heteroatoms. The molecule has 3 amide bonds. The molecule has 130 valence electrons. The maximum atomic E-state index is 12.8.